The quantitative estimate of drug-likeness (QED) is 0.496. The molecule has 0 bridgehead atoms. The van der Waals surface area contributed by atoms with Gasteiger partial charge in [-0.3, -0.25) is 4.79 Å². The molecule has 0 saturated heterocycles. The van der Waals surface area contributed by atoms with Crippen molar-refractivity contribution in [2.75, 3.05) is 5.75 Å². The molecule has 0 aromatic rings. The van der Waals surface area contributed by atoms with E-state index in [1.54, 1.807) is 19.9 Å². The predicted molar refractivity (Wildman–Crippen MR) is 62.6 cm³/mol. The third-order valence-electron chi connectivity index (χ3n) is 2.06. The third-order valence-corrected chi connectivity index (χ3v) is 3.50. The van der Waals surface area contributed by atoms with E-state index in [0.717, 1.165) is 0 Å². The van der Waals surface area contributed by atoms with Crippen LogP contribution in [0.15, 0.2) is 12.7 Å². The molecule has 0 radical (unpaired) electrons. The topological polar surface area (TPSA) is 83.5 Å². The number of sulfonamides is 1. The number of rotatable bonds is 8. The Labute approximate surface area is 96.6 Å². The molecule has 16 heavy (non-hydrogen) atoms. The number of aliphatic carboxylic acids is 1. The standard InChI is InChI=1S/C10H19NO4S/c1-4-5-6-7-16(14,15)11-9(8(2)3)10(12)13/h4,8-9,11H,1,5-7H2,2-3H3,(H,12,13)/t9-/m0/s1. The second kappa shape index (κ2) is 6.65. The number of hydrogen-bond acceptors (Lipinski definition) is 3. The monoisotopic (exact) mass is 249 g/mol. The summed E-state index contributed by atoms with van der Waals surface area (Å²) in [5, 5.41) is 8.84. The highest BCUT2D eigenvalue weighted by Gasteiger charge is 2.26. The summed E-state index contributed by atoms with van der Waals surface area (Å²) in [4.78, 5) is 10.8. The number of allylic oxidation sites excluding steroid dienone is 1. The Morgan fingerprint density at radius 3 is 2.44 bits per heavy atom. The van der Waals surface area contributed by atoms with Gasteiger partial charge in [-0.1, -0.05) is 19.9 Å². The molecule has 0 unspecified atom stereocenters. The Hall–Kier alpha value is -0.880. The largest absolute Gasteiger partial charge is 0.480 e. The predicted octanol–water partition coefficient (Wildman–Crippen LogP) is 0.981. The average molecular weight is 249 g/mol. The minimum Gasteiger partial charge on any atom is -0.480 e. The van der Waals surface area contributed by atoms with Crippen LogP contribution in [-0.4, -0.2) is 31.3 Å². The molecule has 0 saturated carbocycles. The van der Waals surface area contributed by atoms with E-state index < -0.39 is 22.0 Å². The molecule has 0 amide bonds. The molecule has 2 N–H and O–H groups in total. The summed E-state index contributed by atoms with van der Waals surface area (Å²) in [5.41, 5.74) is 0. The van der Waals surface area contributed by atoms with Crippen molar-refractivity contribution in [3.63, 3.8) is 0 Å². The van der Waals surface area contributed by atoms with Gasteiger partial charge in [0.2, 0.25) is 10.0 Å². The SMILES string of the molecule is C=CCCCS(=O)(=O)N[C@H](C(=O)O)C(C)C. The highest BCUT2D eigenvalue weighted by Crippen LogP contribution is 2.05. The minimum atomic E-state index is -3.52. The van der Waals surface area contributed by atoms with Crippen molar-refractivity contribution in [3.8, 4) is 0 Å². The zero-order valence-corrected chi connectivity index (χ0v) is 10.5. The number of unbranched alkanes of at least 4 members (excludes halogenated alkanes) is 1. The molecular weight excluding hydrogens is 230 g/mol. The van der Waals surface area contributed by atoms with E-state index in [-0.39, 0.29) is 11.7 Å². The van der Waals surface area contributed by atoms with E-state index in [1.165, 1.54) is 0 Å². The van der Waals surface area contributed by atoms with Gasteiger partial charge in [-0.05, 0) is 18.8 Å². The Kier molecular flexibility index (Phi) is 6.28. The van der Waals surface area contributed by atoms with Gasteiger partial charge < -0.3 is 5.11 Å². The van der Waals surface area contributed by atoms with Crippen LogP contribution in [0.25, 0.3) is 0 Å². The van der Waals surface area contributed by atoms with Gasteiger partial charge in [-0.25, -0.2) is 13.1 Å². The van der Waals surface area contributed by atoms with Crippen molar-refractivity contribution < 1.29 is 18.3 Å². The van der Waals surface area contributed by atoms with Gasteiger partial charge in [-0.15, -0.1) is 6.58 Å². The fourth-order valence-electron chi connectivity index (χ4n) is 1.14. The lowest BCUT2D eigenvalue weighted by molar-refractivity contribution is -0.140. The zero-order valence-electron chi connectivity index (χ0n) is 9.64. The fraction of sp³-hybridized carbons (Fsp3) is 0.700. The second-order valence-corrected chi connectivity index (χ2v) is 5.80. The van der Waals surface area contributed by atoms with Crippen LogP contribution in [0.2, 0.25) is 0 Å². The second-order valence-electron chi connectivity index (χ2n) is 3.93. The van der Waals surface area contributed by atoms with Gasteiger partial charge in [0.15, 0.2) is 0 Å². The number of carboxylic acid groups (broad SMARTS) is 1. The molecule has 0 aromatic heterocycles. The molecule has 94 valence electrons. The Morgan fingerprint density at radius 1 is 1.50 bits per heavy atom. The summed E-state index contributed by atoms with van der Waals surface area (Å²) in [6.45, 7) is 6.80. The summed E-state index contributed by atoms with van der Waals surface area (Å²) >= 11 is 0. The number of carboxylic acids is 1. The molecule has 0 fully saturated rings. The maximum absolute atomic E-state index is 11.5. The average Bonchev–Trinajstić information content (AvgIpc) is 2.13. The number of nitrogens with one attached hydrogen (secondary N) is 1. The fourth-order valence-corrected chi connectivity index (χ4v) is 2.57. The summed E-state index contributed by atoms with van der Waals surface area (Å²) in [5.74, 6) is -1.51. The first-order valence-corrected chi connectivity index (χ1v) is 6.79. The highest BCUT2D eigenvalue weighted by molar-refractivity contribution is 7.89. The van der Waals surface area contributed by atoms with Crippen LogP contribution in [0.4, 0.5) is 0 Å². The highest BCUT2D eigenvalue weighted by atomic mass is 32.2. The number of hydrogen-bond donors (Lipinski definition) is 2. The maximum atomic E-state index is 11.5. The van der Waals surface area contributed by atoms with Gasteiger partial charge in [0.25, 0.3) is 0 Å². The van der Waals surface area contributed by atoms with E-state index in [0.29, 0.717) is 12.8 Å². The molecule has 0 aromatic carbocycles. The molecule has 0 spiro atoms. The molecular formula is C10H19NO4S. The Bertz CT molecular complexity index is 335. The van der Waals surface area contributed by atoms with Crippen LogP contribution in [0.1, 0.15) is 26.7 Å². The third kappa shape index (κ3) is 5.87. The lowest BCUT2D eigenvalue weighted by atomic mass is 10.1. The number of carbonyl (C=O) groups is 1. The molecule has 0 rings (SSSR count). The normalized spacial score (nSPS) is 13.7. The molecule has 0 aliphatic carbocycles. The van der Waals surface area contributed by atoms with E-state index in [1.807, 2.05) is 0 Å². The van der Waals surface area contributed by atoms with Crippen molar-refractivity contribution in [1.29, 1.82) is 0 Å². The summed E-state index contributed by atoms with van der Waals surface area (Å²) in [7, 11) is -3.52. The first-order chi connectivity index (χ1) is 7.30. The summed E-state index contributed by atoms with van der Waals surface area (Å²) in [6.07, 6.45) is 2.68. The van der Waals surface area contributed by atoms with Crippen LogP contribution in [0, 0.1) is 5.92 Å². The molecule has 0 aliphatic rings. The van der Waals surface area contributed by atoms with Crippen molar-refractivity contribution in [1.82, 2.24) is 4.72 Å². The van der Waals surface area contributed by atoms with Crippen LogP contribution in [0.5, 0.6) is 0 Å². The van der Waals surface area contributed by atoms with E-state index in [2.05, 4.69) is 11.3 Å². The van der Waals surface area contributed by atoms with Crippen molar-refractivity contribution >= 4 is 16.0 Å². The van der Waals surface area contributed by atoms with E-state index >= 15 is 0 Å². The van der Waals surface area contributed by atoms with Crippen LogP contribution in [-0.2, 0) is 14.8 Å². The van der Waals surface area contributed by atoms with Gasteiger partial charge in [0.1, 0.15) is 6.04 Å². The van der Waals surface area contributed by atoms with Gasteiger partial charge in [0.05, 0.1) is 5.75 Å². The molecule has 1 atom stereocenters. The zero-order chi connectivity index (χ0) is 12.8. The van der Waals surface area contributed by atoms with Crippen LogP contribution >= 0.6 is 0 Å². The summed E-state index contributed by atoms with van der Waals surface area (Å²) < 4.78 is 25.2. The van der Waals surface area contributed by atoms with E-state index in [9.17, 15) is 13.2 Å². The first kappa shape index (κ1) is 15.1. The maximum Gasteiger partial charge on any atom is 0.321 e. The molecule has 0 heterocycles. The Morgan fingerprint density at radius 2 is 2.06 bits per heavy atom. The smallest absolute Gasteiger partial charge is 0.321 e. The molecule has 0 aliphatic heterocycles. The van der Waals surface area contributed by atoms with Crippen molar-refractivity contribution in [2.45, 2.75) is 32.7 Å². The lowest BCUT2D eigenvalue weighted by Gasteiger charge is -2.17. The first-order valence-electron chi connectivity index (χ1n) is 5.14. The van der Waals surface area contributed by atoms with Crippen molar-refractivity contribution in [3.05, 3.63) is 12.7 Å². The van der Waals surface area contributed by atoms with Gasteiger partial charge in [-0.2, -0.15) is 0 Å². The van der Waals surface area contributed by atoms with Crippen LogP contribution < -0.4 is 4.72 Å². The van der Waals surface area contributed by atoms with Gasteiger partial charge in [0, 0.05) is 0 Å². The lowest BCUT2D eigenvalue weighted by Crippen LogP contribution is -2.45. The van der Waals surface area contributed by atoms with Crippen LogP contribution in [0.3, 0.4) is 0 Å². The van der Waals surface area contributed by atoms with E-state index in [4.69, 9.17) is 5.11 Å². The summed E-state index contributed by atoms with van der Waals surface area (Å²) in [6, 6.07) is -1.06. The Balaban J connectivity index is 4.42. The molecule has 5 nitrogen and oxygen atoms in total. The van der Waals surface area contributed by atoms with Crippen molar-refractivity contribution in [2.24, 2.45) is 5.92 Å². The van der Waals surface area contributed by atoms with Gasteiger partial charge >= 0.3 is 5.97 Å². The molecule has 6 heteroatoms. The minimum absolute atomic E-state index is 0.0739.